The van der Waals surface area contributed by atoms with Crippen LogP contribution in [0.25, 0.3) is 10.1 Å². The number of anilines is 2. The Kier molecular flexibility index (Phi) is 5.39. The topological polar surface area (TPSA) is 39.7 Å². The van der Waals surface area contributed by atoms with Crippen LogP contribution in [0, 0.1) is 0 Å². The number of aromatic nitrogens is 1. The van der Waals surface area contributed by atoms with Crippen LogP contribution in [-0.2, 0) is 17.6 Å². The molecule has 0 saturated carbocycles. The number of fused-ring (bicyclic) bond motifs is 2. The van der Waals surface area contributed by atoms with E-state index in [1.807, 2.05) is 4.90 Å². The second-order valence-electron chi connectivity index (χ2n) is 8.04. The summed E-state index contributed by atoms with van der Waals surface area (Å²) < 4.78 is 5.96. The second-order valence-corrected chi connectivity index (χ2v) is 9.22. The van der Waals surface area contributed by atoms with Gasteiger partial charge >= 0.3 is 0 Å². The van der Waals surface area contributed by atoms with E-state index in [-0.39, 0.29) is 5.91 Å². The number of rotatable bonds is 4. The number of amides is 1. The van der Waals surface area contributed by atoms with Gasteiger partial charge in [0.1, 0.15) is 5.82 Å². The summed E-state index contributed by atoms with van der Waals surface area (Å²) in [6, 6.07) is 12.6. The minimum absolute atomic E-state index is 0.0864. The Morgan fingerprint density at radius 3 is 2.70 bits per heavy atom. The molecule has 3 heterocycles. The summed E-state index contributed by atoms with van der Waals surface area (Å²) in [7, 11) is 0. The molecule has 156 valence electrons. The van der Waals surface area contributed by atoms with Crippen molar-refractivity contribution < 1.29 is 4.79 Å². The average Bonchev–Trinajstić information content (AvgIpc) is 3.39. The number of hydrogen-bond acceptors (Lipinski definition) is 5. The molecule has 1 aromatic heterocycles. The molecule has 0 N–H and O–H groups in total. The highest BCUT2D eigenvalue weighted by molar-refractivity contribution is 7.13. The zero-order valence-electron chi connectivity index (χ0n) is 17.1. The summed E-state index contributed by atoms with van der Waals surface area (Å²) in [5.74, 6) is 1.22. The fourth-order valence-electron chi connectivity index (χ4n) is 4.58. The Morgan fingerprint density at radius 2 is 1.90 bits per heavy atom. The van der Waals surface area contributed by atoms with Crippen molar-refractivity contribution in [3.63, 3.8) is 0 Å². The van der Waals surface area contributed by atoms with E-state index in [1.165, 1.54) is 15.6 Å². The molecule has 30 heavy (non-hydrogen) atoms. The first-order valence-electron chi connectivity index (χ1n) is 10.5. The Balaban J connectivity index is 1.20. The largest absolute Gasteiger partial charge is 0.353 e. The van der Waals surface area contributed by atoms with Crippen LogP contribution in [0.5, 0.6) is 0 Å². The first kappa shape index (κ1) is 19.8. The zero-order chi connectivity index (χ0) is 20.7. The summed E-state index contributed by atoms with van der Waals surface area (Å²) in [5.41, 5.74) is 3.30. The summed E-state index contributed by atoms with van der Waals surface area (Å²) in [6.45, 7) is 7.42. The van der Waals surface area contributed by atoms with Crippen molar-refractivity contribution in [2.45, 2.75) is 19.8 Å². The molecule has 7 heteroatoms. The molecular formula is C23H25ClN4OS. The van der Waals surface area contributed by atoms with Gasteiger partial charge in [0.15, 0.2) is 0 Å². The van der Waals surface area contributed by atoms with Crippen LogP contribution in [0.4, 0.5) is 11.5 Å². The standard InChI is InChI=1S/C23H25ClN4OS/c1-16(29)28-11-9-18-20(28)7-6-17(22(18)24)8-10-26-12-14-27(15-13-26)23-19-4-2-3-5-21(19)30-25-23/h2-7H,8-15H2,1H3. The molecule has 5 nitrogen and oxygen atoms in total. The smallest absolute Gasteiger partial charge is 0.223 e. The third-order valence-electron chi connectivity index (χ3n) is 6.28. The first-order valence-corrected chi connectivity index (χ1v) is 11.7. The summed E-state index contributed by atoms with van der Waals surface area (Å²) in [6.07, 6.45) is 1.79. The van der Waals surface area contributed by atoms with E-state index in [2.05, 4.69) is 46.2 Å². The van der Waals surface area contributed by atoms with Gasteiger partial charge in [-0.3, -0.25) is 9.69 Å². The summed E-state index contributed by atoms with van der Waals surface area (Å²) >= 11 is 8.30. The van der Waals surface area contributed by atoms with Gasteiger partial charge in [0.25, 0.3) is 0 Å². The minimum Gasteiger partial charge on any atom is -0.353 e. The Labute approximate surface area is 186 Å². The van der Waals surface area contributed by atoms with Crippen LogP contribution < -0.4 is 9.80 Å². The second kappa shape index (κ2) is 8.17. The fourth-order valence-corrected chi connectivity index (χ4v) is 5.72. The maximum atomic E-state index is 11.8. The quantitative estimate of drug-likeness (QED) is 0.608. The number of benzene rings is 2. The SMILES string of the molecule is CC(=O)N1CCc2c1ccc(CCN1CCN(c3nsc4ccccc34)CC1)c2Cl. The van der Waals surface area contributed by atoms with Crippen molar-refractivity contribution in [2.24, 2.45) is 0 Å². The molecule has 1 fully saturated rings. The van der Waals surface area contributed by atoms with Crippen molar-refractivity contribution >= 4 is 50.6 Å². The van der Waals surface area contributed by atoms with E-state index in [0.717, 1.165) is 74.2 Å². The third kappa shape index (κ3) is 3.57. The van der Waals surface area contributed by atoms with Crippen LogP contribution >= 0.6 is 23.1 Å². The predicted octanol–water partition coefficient (Wildman–Crippen LogP) is 4.22. The van der Waals surface area contributed by atoms with E-state index in [1.54, 1.807) is 18.5 Å². The molecule has 5 rings (SSSR count). The normalized spacial score (nSPS) is 17.0. The minimum atomic E-state index is 0.0864. The number of halogens is 1. The van der Waals surface area contributed by atoms with Crippen molar-refractivity contribution in [3.8, 4) is 0 Å². The molecule has 1 amide bonds. The van der Waals surface area contributed by atoms with Crippen LogP contribution in [0.3, 0.4) is 0 Å². The zero-order valence-corrected chi connectivity index (χ0v) is 18.7. The predicted molar refractivity (Wildman–Crippen MR) is 125 cm³/mol. The van der Waals surface area contributed by atoms with Gasteiger partial charge in [-0.05, 0) is 53.7 Å². The number of carbonyl (C=O) groups is 1. The number of carbonyl (C=O) groups excluding carboxylic acids is 1. The van der Waals surface area contributed by atoms with E-state index in [9.17, 15) is 4.79 Å². The molecule has 0 unspecified atom stereocenters. The van der Waals surface area contributed by atoms with Crippen LogP contribution in [0.2, 0.25) is 5.02 Å². The van der Waals surface area contributed by atoms with Gasteiger partial charge in [-0.15, -0.1) is 0 Å². The molecule has 0 radical (unpaired) electrons. The van der Waals surface area contributed by atoms with Crippen molar-refractivity contribution in [3.05, 3.63) is 52.5 Å². The lowest BCUT2D eigenvalue weighted by atomic mass is 10.0. The monoisotopic (exact) mass is 440 g/mol. The molecule has 2 aliphatic heterocycles. The Morgan fingerprint density at radius 1 is 1.10 bits per heavy atom. The molecular weight excluding hydrogens is 416 g/mol. The summed E-state index contributed by atoms with van der Waals surface area (Å²) in [4.78, 5) is 18.5. The van der Waals surface area contributed by atoms with Gasteiger partial charge in [0, 0.05) is 62.3 Å². The number of piperazine rings is 1. The maximum Gasteiger partial charge on any atom is 0.223 e. The van der Waals surface area contributed by atoms with E-state index in [0.29, 0.717) is 0 Å². The molecule has 0 atom stereocenters. The van der Waals surface area contributed by atoms with Crippen molar-refractivity contribution in [1.82, 2.24) is 9.27 Å². The highest BCUT2D eigenvalue weighted by Crippen LogP contribution is 2.36. The van der Waals surface area contributed by atoms with Gasteiger partial charge in [-0.25, -0.2) is 0 Å². The van der Waals surface area contributed by atoms with E-state index in [4.69, 9.17) is 16.0 Å². The van der Waals surface area contributed by atoms with Crippen molar-refractivity contribution in [1.29, 1.82) is 0 Å². The summed E-state index contributed by atoms with van der Waals surface area (Å²) in [5, 5.41) is 2.12. The Bertz CT molecular complexity index is 1090. The lowest BCUT2D eigenvalue weighted by Crippen LogP contribution is -2.47. The highest BCUT2D eigenvalue weighted by Gasteiger charge is 2.26. The van der Waals surface area contributed by atoms with Gasteiger partial charge in [-0.1, -0.05) is 29.8 Å². The van der Waals surface area contributed by atoms with Gasteiger partial charge in [0.05, 0.1) is 4.70 Å². The van der Waals surface area contributed by atoms with Gasteiger partial charge < -0.3 is 9.80 Å². The number of nitrogens with zero attached hydrogens (tertiary/aromatic N) is 4. The highest BCUT2D eigenvalue weighted by atomic mass is 35.5. The first-order chi connectivity index (χ1) is 14.6. The fraction of sp³-hybridized carbons (Fsp3) is 0.391. The van der Waals surface area contributed by atoms with E-state index >= 15 is 0 Å². The van der Waals surface area contributed by atoms with Crippen LogP contribution in [0.15, 0.2) is 36.4 Å². The van der Waals surface area contributed by atoms with Gasteiger partial charge in [-0.2, -0.15) is 4.37 Å². The molecule has 3 aromatic rings. The van der Waals surface area contributed by atoms with Gasteiger partial charge in [0.2, 0.25) is 5.91 Å². The Hall–Kier alpha value is -2.15. The maximum absolute atomic E-state index is 11.8. The van der Waals surface area contributed by atoms with Crippen LogP contribution in [0.1, 0.15) is 18.1 Å². The molecule has 0 bridgehead atoms. The molecule has 0 spiro atoms. The third-order valence-corrected chi connectivity index (χ3v) is 7.57. The van der Waals surface area contributed by atoms with E-state index < -0.39 is 0 Å². The number of hydrogen-bond donors (Lipinski definition) is 0. The lowest BCUT2D eigenvalue weighted by Gasteiger charge is -2.35. The molecule has 1 saturated heterocycles. The molecule has 0 aliphatic carbocycles. The average molecular weight is 441 g/mol. The molecule has 2 aliphatic rings. The molecule has 2 aromatic carbocycles. The lowest BCUT2D eigenvalue weighted by molar-refractivity contribution is -0.116. The van der Waals surface area contributed by atoms with Crippen LogP contribution in [-0.4, -0.2) is 54.4 Å². The van der Waals surface area contributed by atoms with Crippen molar-refractivity contribution in [2.75, 3.05) is 49.1 Å².